The Labute approximate surface area is 186 Å². The van der Waals surface area contributed by atoms with Gasteiger partial charge in [0.15, 0.2) is 0 Å². The second kappa shape index (κ2) is 12.2. The summed E-state index contributed by atoms with van der Waals surface area (Å²) in [6.07, 6.45) is 2.98. The second-order valence-corrected chi connectivity index (χ2v) is 8.17. The summed E-state index contributed by atoms with van der Waals surface area (Å²) in [5.41, 5.74) is 5.68. The lowest BCUT2D eigenvalue weighted by atomic mass is 10.1. The Balaban J connectivity index is 1.85. The van der Waals surface area contributed by atoms with Gasteiger partial charge in [-0.25, -0.2) is 0 Å². The molecule has 2 aromatic carbocycles. The largest absolute Gasteiger partial charge is 0.494 e. The van der Waals surface area contributed by atoms with Gasteiger partial charge in [0.1, 0.15) is 11.5 Å². The summed E-state index contributed by atoms with van der Waals surface area (Å²) in [6, 6.07) is 11.8. The molecule has 0 unspecified atom stereocenters. The van der Waals surface area contributed by atoms with Crippen LogP contribution in [0.25, 0.3) is 0 Å². The molecule has 7 heteroatoms. The van der Waals surface area contributed by atoms with E-state index in [9.17, 15) is 9.59 Å². The average Bonchev–Trinajstić information content (AvgIpc) is 2.73. The van der Waals surface area contributed by atoms with Crippen LogP contribution < -0.4 is 20.3 Å². The Bertz CT molecular complexity index is 838. The molecule has 0 saturated heterocycles. The first-order chi connectivity index (χ1) is 14.4. The van der Waals surface area contributed by atoms with E-state index in [1.165, 1.54) is 0 Å². The summed E-state index contributed by atoms with van der Waals surface area (Å²) in [7, 11) is 0. The summed E-state index contributed by atoms with van der Waals surface area (Å²) < 4.78 is 12.0. The minimum atomic E-state index is -0.419. The fourth-order valence-corrected chi connectivity index (χ4v) is 2.95. The number of carbonyl (C=O) groups excluding carboxylic acids is 2. The molecule has 0 bridgehead atoms. The van der Waals surface area contributed by atoms with Crippen molar-refractivity contribution in [2.45, 2.75) is 40.0 Å². The van der Waals surface area contributed by atoms with Gasteiger partial charge in [-0.3, -0.25) is 20.4 Å². The zero-order valence-electron chi connectivity index (χ0n) is 17.7. The van der Waals surface area contributed by atoms with Crippen molar-refractivity contribution >= 4 is 27.7 Å². The highest BCUT2D eigenvalue weighted by atomic mass is 79.9. The molecule has 0 radical (unpaired) electrons. The van der Waals surface area contributed by atoms with Crippen LogP contribution in [0.5, 0.6) is 11.5 Å². The van der Waals surface area contributed by atoms with Crippen molar-refractivity contribution in [3.63, 3.8) is 0 Å². The summed E-state index contributed by atoms with van der Waals surface area (Å²) in [5.74, 6) is 1.14. The van der Waals surface area contributed by atoms with Crippen LogP contribution in [-0.2, 0) is 0 Å². The van der Waals surface area contributed by atoms with Crippen LogP contribution in [0.3, 0.4) is 0 Å². The number of unbranched alkanes of at least 4 members (excludes halogenated alkanes) is 1. The second-order valence-electron chi connectivity index (χ2n) is 7.31. The zero-order chi connectivity index (χ0) is 21.9. The molecular formula is C23H29BrN2O4. The molecule has 6 nitrogen and oxygen atoms in total. The molecule has 162 valence electrons. The maximum absolute atomic E-state index is 12.3. The molecule has 2 rings (SSSR count). The first-order valence-electron chi connectivity index (χ1n) is 10.2. The Morgan fingerprint density at radius 3 is 2.17 bits per heavy atom. The van der Waals surface area contributed by atoms with E-state index >= 15 is 0 Å². The minimum absolute atomic E-state index is 0.402. The first kappa shape index (κ1) is 23.7. The van der Waals surface area contributed by atoms with E-state index in [0.717, 1.165) is 19.3 Å². The maximum atomic E-state index is 12.3. The van der Waals surface area contributed by atoms with E-state index in [0.29, 0.717) is 46.2 Å². The molecule has 0 aliphatic heterocycles. The Morgan fingerprint density at radius 1 is 0.933 bits per heavy atom. The number of hydrazine groups is 1. The van der Waals surface area contributed by atoms with Gasteiger partial charge in [-0.15, -0.1) is 0 Å². The van der Waals surface area contributed by atoms with E-state index < -0.39 is 11.8 Å². The third-order valence-corrected chi connectivity index (χ3v) is 4.94. The van der Waals surface area contributed by atoms with Crippen LogP contribution in [0.1, 0.15) is 60.7 Å². The molecule has 30 heavy (non-hydrogen) atoms. The average molecular weight is 477 g/mol. The molecule has 2 N–H and O–H groups in total. The number of ether oxygens (including phenoxy) is 2. The fraction of sp³-hybridized carbons (Fsp3) is 0.391. The van der Waals surface area contributed by atoms with Crippen LogP contribution >= 0.6 is 15.9 Å². The molecule has 0 saturated carbocycles. The quantitative estimate of drug-likeness (QED) is 0.368. The number of nitrogens with one attached hydrogen (secondary N) is 2. The van der Waals surface area contributed by atoms with Crippen molar-refractivity contribution in [3.8, 4) is 11.5 Å². The third kappa shape index (κ3) is 7.71. The van der Waals surface area contributed by atoms with Crippen molar-refractivity contribution in [3.05, 3.63) is 58.1 Å². The van der Waals surface area contributed by atoms with Crippen molar-refractivity contribution in [2.75, 3.05) is 13.2 Å². The third-order valence-electron chi connectivity index (χ3n) is 4.32. The number of benzene rings is 2. The summed E-state index contributed by atoms with van der Waals surface area (Å²) in [5, 5.41) is 0. The summed E-state index contributed by atoms with van der Waals surface area (Å²) >= 11 is 3.41. The first-order valence-corrected chi connectivity index (χ1v) is 11.0. The van der Waals surface area contributed by atoms with Gasteiger partial charge in [0.25, 0.3) is 11.8 Å². The van der Waals surface area contributed by atoms with Gasteiger partial charge >= 0.3 is 0 Å². The van der Waals surface area contributed by atoms with Gasteiger partial charge in [0.05, 0.1) is 17.7 Å². The predicted octanol–water partition coefficient (Wildman–Crippen LogP) is 5.13. The SMILES string of the molecule is CCCCOc1ccc(C(=O)NNC(=O)c2ccc(OCCC(C)C)cc2)cc1Br. The molecule has 2 aromatic rings. The van der Waals surface area contributed by atoms with Crippen molar-refractivity contribution < 1.29 is 19.1 Å². The van der Waals surface area contributed by atoms with Crippen LogP contribution in [0.4, 0.5) is 0 Å². The highest BCUT2D eigenvalue weighted by Crippen LogP contribution is 2.26. The molecule has 0 heterocycles. The number of halogens is 1. The number of hydrogen-bond acceptors (Lipinski definition) is 4. The highest BCUT2D eigenvalue weighted by Gasteiger charge is 2.12. The van der Waals surface area contributed by atoms with Crippen LogP contribution in [0.2, 0.25) is 0 Å². The number of amides is 2. The zero-order valence-corrected chi connectivity index (χ0v) is 19.3. The minimum Gasteiger partial charge on any atom is -0.494 e. The van der Waals surface area contributed by atoms with Crippen molar-refractivity contribution in [1.29, 1.82) is 0 Å². The van der Waals surface area contributed by atoms with Crippen LogP contribution in [0, 0.1) is 5.92 Å². The molecular weight excluding hydrogens is 448 g/mol. The van der Waals surface area contributed by atoms with Gasteiger partial charge in [-0.1, -0.05) is 27.2 Å². The van der Waals surface area contributed by atoms with Crippen molar-refractivity contribution in [1.82, 2.24) is 10.9 Å². The molecule has 0 aliphatic carbocycles. The predicted molar refractivity (Wildman–Crippen MR) is 121 cm³/mol. The lowest BCUT2D eigenvalue weighted by molar-refractivity contribution is 0.0846. The number of hydrogen-bond donors (Lipinski definition) is 2. The molecule has 2 amide bonds. The van der Waals surface area contributed by atoms with Gasteiger partial charge < -0.3 is 9.47 Å². The monoisotopic (exact) mass is 476 g/mol. The Kier molecular flexibility index (Phi) is 9.67. The lowest BCUT2D eigenvalue weighted by Crippen LogP contribution is -2.41. The van der Waals surface area contributed by atoms with E-state index in [1.54, 1.807) is 42.5 Å². The lowest BCUT2D eigenvalue weighted by Gasteiger charge is -2.11. The molecule has 0 spiro atoms. The summed E-state index contributed by atoms with van der Waals surface area (Å²) in [4.78, 5) is 24.6. The van der Waals surface area contributed by atoms with E-state index in [4.69, 9.17) is 9.47 Å². The normalized spacial score (nSPS) is 10.6. The molecule has 0 fully saturated rings. The van der Waals surface area contributed by atoms with Gasteiger partial charge in [0.2, 0.25) is 0 Å². The molecule has 0 atom stereocenters. The van der Waals surface area contributed by atoms with Crippen LogP contribution in [0.15, 0.2) is 46.9 Å². The topological polar surface area (TPSA) is 76.7 Å². The van der Waals surface area contributed by atoms with Gasteiger partial charge in [-0.2, -0.15) is 0 Å². The van der Waals surface area contributed by atoms with Crippen molar-refractivity contribution in [2.24, 2.45) is 5.92 Å². The fourth-order valence-electron chi connectivity index (χ4n) is 2.46. The molecule has 0 aromatic heterocycles. The van der Waals surface area contributed by atoms with Crippen LogP contribution in [-0.4, -0.2) is 25.0 Å². The van der Waals surface area contributed by atoms with E-state index in [1.807, 2.05) is 0 Å². The Morgan fingerprint density at radius 2 is 1.57 bits per heavy atom. The number of rotatable bonds is 10. The summed E-state index contributed by atoms with van der Waals surface area (Å²) in [6.45, 7) is 7.63. The van der Waals surface area contributed by atoms with Gasteiger partial charge in [0, 0.05) is 11.1 Å². The Hall–Kier alpha value is -2.54. The highest BCUT2D eigenvalue weighted by molar-refractivity contribution is 9.10. The molecule has 0 aliphatic rings. The smallest absolute Gasteiger partial charge is 0.269 e. The van der Waals surface area contributed by atoms with E-state index in [2.05, 4.69) is 47.6 Å². The number of carbonyl (C=O) groups is 2. The standard InChI is InChI=1S/C23H29BrN2O4/c1-4-5-13-30-21-11-8-18(15-20(21)24)23(28)26-25-22(27)17-6-9-19(10-7-17)29-14-12-16(2)3/h6-11,15-16H,4-5,12-14H2,1-3H3,(H,25,27)(H,26,28). The van der Waals surface area contributed by atoms with Gasteiger partial charge in [-0.05, 0) is 77.2 Å². The van der Waals surface area contributed by atoms with E-state index in [-0.39, 0.29) is 0 Å². The maximum Gasteiger partial charge on any atom is 0.269 e.